The van der Waals surface area contributed by atoms with E-state index in [9.17, 15) is 9.59 Å². The van der Waals surface area contributed by atoms with Gasteiger partial charge in [0.15, 0.2) is 0 Å². The molecule has 1 aromatic rings. The van der Waals surface area contributed by atoms with Gasteiger partial charge in [-0.2, -0.15) is 0 Å². The fourth-order valence-electron chi connectivity index (χ4n) is 3.01. The van der Waals surface area contributed by atoms with Gasteiger partial charge in [0.2, 0.25) is 0 Å². The topological polar surface area (TPSA) is 88.7 Å². The molecule has 0 saturated heterocycles. The monoisotopic (exact) mass is 391 g/mol. The highest BCUT2D eigenvalue weighted by Crippen LogP contribution is 2.28. The minimum atomic E-state index is -0.467. The molecular formula is C21H33N3O4. The molecule has 0 radical (unpaired) electrons. The van der Waals surface area contributed by atoms with Crippen molar-refractivity contribution in [2.24, 2.45) is 5.41 Å². The lowest BCUT2D eigenvalue weighted by Crippen LogP contribution is -2.53. The van der Waals surface area contributed by atoms with Crippen molar-refractivity contribution in [1.82, 2.24) is 16.2 Å². The van der Waals surface area contributed by atoms with Gasteiger partial charge < -0.3 is 14.8 Å². The Labute approximate surface area is 167 Å². The summed E-state index contributed by atoms with van der Waals surface area (Å²) in [6.07, 6.45) is 2.38. The van der Waals surface area contributed by atoms with Crippen molar-refractivity contribution in [2.75, 3.05) is 6.61 Å². The smallest absolute Gasteiger partial charge is 0.421 e. The molecule has 3 N–H and O–H groups in total. The second-order valence-corrected chi connectivity index (χ2v) is 8.93. The summed E-state index contributed by atoms with van der Waals surface area (Å²) >= 11 is 0. The number of benzene rings is 1. The number of carbonyl (C=O) groups excluding carboxylic acids is 2. The van der Waals surface area contributed by atoms with E-state index in [1.807, 2.05) is 58.0 Å². The van der Waals surface area contributed by atoms with Crippen LogP contribution in [0.3, 0.4) is 0 Å². The van der Waals surface area contributed by atoms with Crippen molar-refractivity contribution in [1.29, 1.82) is 0 Å². The quantitative estimate of drug-likeness (QED) is 0.640. The number of amides is 2. The van der Waals surface area contributed by atoms with E-state index in [2.05, 4.69) is 16.2 Å². The Hall–Kier alpha value is -2.28. The molecule has 1 fully saturated rings. The first-order valence-corrected chi connectivity index (χ1v) is 9.82. The van der Waals surface area contributed by atoms with Gasteiger partial charge in [-0.15, -0.1) is 0 Å². The molecule has 0 unspecified atom stereocenters. The Balaban J connectivity index is 1.65. The maximum absolute atomic E-state index is 12.1. The Morgan fingerprint density at radius 2 is 1.71 bits per heavy atom. The van der Waals surface area contributed by atoms with Gasteiger partial charge in [0.25, 0.3) is 0 Å². The maximum atomic E-state index is 12.1. The van der Waals surface area contributed by atoms with Crippen molar-refractivity contribution in [3.05, 3.63) is 35.9 Å². The van der Waals surface area contributed by atoms with Crippen LogP contribution < -0.4 is 16.2 Å². The summed E-state index contributed by atoms with van der Waals surface area (Å²) in [5.74, 6) is 0. The molecule has 7 heteroatoms. The summed E-state index contributed by atoms with van der Waals surface area (Å²) in [5.41, 5.74) is 6.22. The molecule has 2 amide bonds. The zero-order valence-corrected chi connectivity index (χ0v) is 17.3. The van der Waals surface area contributed by atoms with Gasteiger partial charge in [0, 0.05) is 11.6 Å². The third-order valence-corrected chi connectivity index (χ3v) is 4.72. The highest BCUT2D eigenvalue weighted by molar-refractivity contribution is 5.68. The number of ether oxygens (including phenoxy) is 2. The number of carbonyl (C=O) groups is 2. The largest absolute Gasteiger partial charge is 0.448 e. The molecule has 1 aliphatic rings. The van der Waals surface area contributed by atoms with E-state index in [1.165, 1.54) is 0 Å². The lowest BCUT2D eigenvalue weighted by molar-refractivity contribution is 0.0977. The first kappa shape index (κ1) is 22.0. The molecule has 1 aromatic carbocycles. The molecule has 2 rings (SSSR count). The minimum absolute atomic E-state index is 0.0647. The van der Waals surface area contributed by atoms with Gasteiger partial charge in [0.05, 0.1) is 6.61 Å². The van der Waals surface area contributed by atoms with E-state index in [0.29, 0.717) is 6.61 Å². The van der Waals surface area contributed by atoms with Crippen LogP contribution in [-0.2, 0) is 16.1 Å². The Morgan fingerprint density at radius 3 is 2.32 bits per heavy atom. The molecule has 0 heterocycles. The van der Waals surface area contributed by atoms with Crippen LogP contribution in [-0.4, -0.2) is 30.4 Å². The molecule has 1 aliphatic carbocycles. The molecule has 0 aliphatic heterocycles. The number of rotatable bonds is 6. The molecule has 0 spiro atoms. The third kappa shape index (κ3) is 8.17. The average molecular weight is 392 g/mol. The predicted octanol–water partition coefficient (Wildman–Crippen LogP) is 3.89. The number of hydrazine groups is 1. The Bertz CT molecular complexity index is 635. The standard InChI is InChI=1S/C21H33N3O4/c1-20(2,3)15-28-19(26)24-23-17-10-12-21(4,13-11-17)22-18(25)27-14-16-8-6-5-7-9-16/h5-9,17,23H,10-15H2,1-4H3,(H,22,25)(H,24,26). The van der Waals surface area contributed by atoms with Crippen LogP contribution in [0.4, 0.5) is 9.59 Å². The van der Waals surface area contributed by atoms with E-state index in [4.69, 9.17) is 9.47 Å². The summed E-state index contributed by atoms with van der Waals surface area (Å²) in [6.45, 7) is 8.67. The number of hydrogen-bond acceptors (Lipinski definition) is 5. The Morgan fingerprint density at radius 1 is 1.07 bits per heavy atom. The molecule has 0 bridgehead atoms. The number of nitrogens with one attached hydrogen (secondary N) is 3. The first-order valence-electron chi connectivity index (χ1n) is 9.82. The molecule has 1 saturated carbocycles. The van der Waals surface area contributed by atoms with Crippen molar-refractivity contribution in [3.63, 3.8) is 0 Å². The van der Waals surface area contributed by atoms with Crippen molar-refractivity contribution >= 4 is 12.2 Å². The summed E-state index contributed by atoms with van der Waals surface area (Å²) in [5, 5.41) is 2.99. The SMILES string of the molecule is CC(C)(C)COC(=O)NNC1CCC(C)(NC(=O)OCc2ccccc2)CC1. The zero-order chi connectivity index (χ0) is 20.6. The zero-order valence-electron chi connectivity index (χ0n) is 17.3. The van der Waals surface area contributed by atoms with Gasteiger partial charge in [-0.1, -0.05) is 51.1 Å². The van der Waals surface area contributed by atoms with Crippen molar-refractivity contribution < 1.29 is 19.1 Å². The fourth-order valence-corrected chi connectivity index (χ4v) is 3.01. The first-order chi connectivity index (χ1) is 13.2. The highest BCUT2D eigenvalue weighted by atomic mass is 16.6. The number of hydrogen-bond donors (Lipinski definition) is 3. The van der Waals surface area contributed by atoms with Gasteiger partial charge in [0.1, 0.15) is 6.61 Å². The van der Waals surface area contributed by atoms with Gasteiger partial charge in [-0.25, -0.2) is 15.0 Å². The molecule has 28 heavy (non-hydrogen) atoms. The van der Waals surface area contributed by atoms with Gasteiger partial charge in [-0.05, 0) is 43.6 Å². The van der Waals surface area contributed by atoms with Crippen LogP contribution >= 0.6 is 0 Å². The van der Waals surface area contributed by atoms with Crippen molar-refractivity contribution in [2.45, 2.75) is 71.6 Å². The molecule has 156 valence electrons. The van der Waals surface area contributed by atoms with Crippen LogP contribution in [0, 0.1) is 5.41 Å². The summed E-state index contributed by atoms with van der Waals surface area (Å²) in [7, 11) is 0. The molecule has 0 atom stereocenters. The summed E-state index contributed by atoms with van der Waals surface area (Å²) in [6, 6.07) is 9.75. The van der Waals surface area contributed by atoms with Crippen LogP contribution in [0.15, 0.2) is 30.3 Å². The number of alkyl carbamates (subject to hydrolysis) is 1. The lowest BCUT2D eigenvalue weighted by Gasteiger charge is -2.37. The lowest BCUT2D eigenvalue weighted by atomic mass is 9.81. The second-order valence-electron chi connectivity index (χ2n) is 8.93. The summed E-state index contributed by atoms with van der Waals surface area (Å²) < 4.78 is 10.5. The normalized spacial score (nSPS) is 22.2. The maximum Gasteiger partial charge on any atom is 0.421 e. The van der Waals surface area contributed by atoms with Crippen molar-refractivity contribution in [3.8, 4) is 0 Å². The Kier molecular flexibility index (Phi) is 7.69. The predicted molar refractivity (Wildman–Crippen MR) is 107 cm³/mol. The van der Waals surface area contributed by atoms with E-state index in [0.717, 1.165) is 31.2 Å². The third-order valence-electron chi connectivity index (χ3n) is 4.72. The van der Waals surface area contributed by atoms with Gasteiger partial charge in [-0.3, -0.25) is 5.43 Å². The minimum Gasteiger partial charge on any atom is -0.448 e. The van der Waals surface area contributed by atoms with Gasteiger partial charge >= 0.3 is 12.2 Å². The van der Waals surface area contributed by atoms with E-state index in [1.54, 1.807) is 0 Å². The molecular weight excluding hydrogens is 358 g/mol. The molecule has 7 nitrogen and oxygen atoms in total. The van der Waals surface area contributed by atoms with Crippen LogP contribution in [0.1, 0.15) is 58.9 Å². The van der Waals surface area contributed by atoms with Crippen LogP contribution in [0.5, 0.6) is 0 Å². The molecule has 0 aromatic heterocycles. The van der Waals surface area contributed by atoms with Crippen LogP contribution in [0.2, 0.25) is 0 Å². The van der Waals surface area contributed by atoms with E-state index >= 15 is 0 Å². The fraction of sp³-hybridized carbons (Fsp3) is 0.619. The highest BCUT2D eigenvalue weighted by Gasteiger charge is 2.33. The summed E-state index contributed by atoms with van der Waals surface area (Å²) in [4.78, 5) is 23.8. The van der Waals surface area contributed by atoms with Crippen LogP contribution in [0.25, 0.3) is 0 Å². The van der Waals surface area contributed by atoms with E-state index < -0.39 is 12.2 Å². The second kappa shape index (κ2) is 9.78. The average Bonchev–Trinajstić information content (AvgIpc) is 2.64. The van der Waals surface area contributed by atoms with E-state index in [-0.39, 0.29) is 23.6 Å².